The highest BCUT2D eigenvalue weighted by molar-refractivity contribution is 5.85. The molecule has 2 aromatic rings. The Morgan fingerprint density at radius 1 is 1.28 bits per heavy atom. The van der Waals surface area contributed by atoms with Gasteiger partial charge in [0.15, 0.2) is 5.82 Å². The van der Waals surface area contributed by atoms with Crippen molar-refractivity contribution in [3.63, 3.8) is 0 Å². The van der Waals surface area contributed by atoms with E-state index in [9.17, 15) is 0 Å². The third-order valence-electron chi connectivity index (χ3n) is 3.76. The van der Waals surface area contributed by atoms with Gasteiger partial charge in [-0.05, 0) is 31.7 Å². The fourth-order valence-corrected chi connectivity index (χ4v) is 2.62. The Labute approximate surface area is 106 Å². The lowest BCUT2D eigenvalue weighted by atomic mass is 9.92. The summed E-state index contributed by atoms with van der Waals surface area (Å²) in [7, 11) is 2.00. The molecule has 0 atom stereocenters. The SMILES string of the molecule is Cn1cnc2c(NC3CCC(N)CC3)nccc21. The summed E-state index contributed by atoms with van der Waals surface area (Å²) in [6, 6.07) is 2.84. The molecule has 5 nitrogen and oxygen atoms in total. The summed E-state index contributed by atoms with van der Waals surface area (Å²) < 4.78 is 2.01. The molecule has 96 valence electrons. The summed E-state index contributed by atoms with van der Waals surface area (Å²) in [5.74, 6) is 0.897. The van der Waals surface area contributed by atoms with Gasteiger partial charge in [-0.15, -0.1) is 0 Å². The molecule has 0 aromatic carbocycles. The zero-order valence-corrected chi connectivity index (χ0v) is 10.6. The normalized spacial score (nSPS) is 24.3. The molecule has 2 heterocycles. The second-order valence-corrected chi connectivity index (χ2v) is 5.14. The second kappa shape index (κ2) is 4.57. The molecule has 18 heavy (non-hydrogen) atoms. The number of aromatic nitrogens is 3. The Bertz CT molecular complexity index is 539. The van der Waals surface area contributed by atoms with Crippen LogP contribution in [0, 0.1) is 0 Å². The molecular formula is C13H19N5. The molecule has 1 aliphatic carbocycles. The topological polar surface area (TPSA) is 68.8 Å². The highest BCUT2D eigenvalue weighted by Gasteiger charge is 2.19. The Hall–Kier alpha value is -1.62. The lowest BCUT2D eigenvalue weighted by Gasteiger charge is -2.27. The number of hydrogen-bond acceptors (Lipinski definition) is 4. The molecule has 0 unspecified atom stereocenters. The molecule has 5 heteroatoms. The number of hydrogen-bond donors (Lipinski definition) is 2. The van der Waals surface area contributed by atoms with Crippen molar-refractivity contribution >= 4 is 16.9 Å². The van der Waals surface area contributed by atoms with Crippen molar-refractivity contribution in [1.82, 2.24) is 14.5 Å². The van der Waals surface area contributed by atoms with E-state index in [0.717, 1.165) is 42.5 Å². The number of pyridine rings is 1. The van der Waals surface area contributed by atoms with E-state index >= 15 is 0 Å². The average Bonchev–Trinajstić information content (AvgIpc) is 2.76. The molecule has 0 spiro atoms. The summed E-state index contributed by atoms with van der Waals surface area (Å²) in [6.45, 7) is 0. The van der Waals surface area contributed by atoms with Gasteiger partial charge in [-0.3, -0.25) is 0 Å². The van der Waals surface area contributed by atoms with Gasteiger partial charge in [-0.25, -0.2) is 9.97 Å². The maximum absolute atomic E-state index is 5.93. The summed E-state index contributed by atoms with van der Waals surface area (Å²) >= 11 is 0. The van der Waals surface area contributed by atoms with Gasteiger partial charge in [-0.1, -0.05) is 0 Å². The largest absolute Gasteiger partial charge is 0.365 e. The van der Waals surface area contributed by atoms with Crippen LogP contribution in [0.5, 0.6) is 0 Å². The lowest BCUT2D eigenvalue weighted by Crippen LogP contribution is -2.33. The standard InChI is InChI=1S/C13H19N5/c1-18-8-16-12-11(18)6-7-15-13(12)17-10-4-2-9(14)3-5-10/h6-10H,2-5,14H2,1H3,(H,15,17). The fourth-order valence-electron chi connectivity index (χ4n) is 2.62. The molecule has 2 aromatic heterocycles. The summed E-state index contributed by atoms with van der Waals surface area (Å²) in [5, 5.41) is 3.52. The maximum Gasteiger partial charge on any atom is 0.154 e. The van der Waals surface area contributed by atoms with E-state index in [-0.39, 0.29) is 0 Å². The predicted octanol–water partition coefficient (Wildman–Crippen LogP) is 1.65. The monoisotopic (exact) mass is 245 g/mol. The van der Waals surface area contributed by atoms with E-state index < -0.39 is 0 Å². The molecule has 0 bridgehead atoms. The molecule has 0 amide bonds. The van der Waals surface area contributed by atoms with Crippen molar-refractivity contribution in [2.24, 2.45) is 12.8 Å². The number of nitrogens with zero attached hydrogens (tertiary/aromatic N) is 3. The number of imidazole rings is 1. The first-order valence-electron chi connectivity index (χ1n) is 6.52. The van der Waals surface area contributed by atoms with Crippen LogP contribution >= 0.6 is 0 Å². The van der Waals surface area contributed by atoms with Gasteiger partial charge in [-0.2, -0.15) is 0 Å². The highest BCUT2D eigenvalue weighted by Crippen LogP contribution is 2.24. The fraction of sp³-hybridized carbons (Fsp3) is 0.538. The Balaban J connectivity index is 1.82. The summed E-state index contributed by atoms with van der Waals surface area (Å²) in [4.78, 5) is 8.83. The molecule has 0 aliphatic heterocycles. The van der Waals surface area contributed by atoms with Crippen molar-refractivity contribution in [2.45, 2.75) is 37.8 Å². The summed E-state index contributed by atoms with van der Waals surface area (Å²) in [6.07, 6.45) is 8.08. The zero-order chi connectivity index (χ0) is 12.5. The molecule has 3 rings (SSSR count). The van der Waals surface area contributed by atoms with Crippen LogP contribution in [-0.4, -0.2) is 26.6 Å². The number of fused-ring (bicyclic) bond motifs is 1. The highest BCUT2D eigenvalue weighted by atomic mass is 15.1. The van der Waals surface area contributed by atoms with Gasteiger partial charge >= 0.3 is 0 Å². The van der Waals surface area contributed by atoms with Gasteiger partial charge in [0, 0.05) is 25.3 Å². The predicted molar refractivity (Wildman–Crippen MR) is 72.4 cm³/mol. The molecule has 1 fully saturated rings. The number of nitrogens with two attached hydrogens (primary N) is 1. The number of aryl methyl sites for hydroxylation is 1. The minimum absolute atomic E-state index is 0.377. The van der Waals surface area contributed by atoms with Crippen molar-refractivity contribution in [3.05, 3.63) is 18.6 Å². The Kier molecular flexibility index (Phi) is 2.91. The van der Waals surface area contributed by atoms with Crippen molar-refractivity contribution in [2.75, 3.05) is 5.32 Å². The molecular weight excluding hydrogens is 226 g/mol. The van der Waals surface area contributed by atoms with E-state index in [4.69, 9.17) is 5.73 Å². The van der Waals surface area contributed by atoms with E-state index in [0.29, 0.717) is 12.1 Å². The van der Waals surface area contributed by atoms with E-state index in [1.807, 2.05) is 30.2 Å². The van der Waals surface area contributed by atoms with Gasteiger partial charge in [0.1, 0.15) is 5.52 Å². The quantitative estimate of drug-likeness (QED) is 0.844. The number of rotatable bonds is 2. The molecule has 1 saturated carbocycles. The van der Waals surface area contributed by atoms with Crippen LogP contribution < -0.4 is 11.1 Å². The second-order valence-electron chi connectivity index (χ2n) is 5.14. The molecule has 0 saturated heterocycles. The van der Waals surface area contributed by atoms with Crippen LogP contribution in [0.2, 0.25) is 0 Å². The number of anilines is 1. The zero-order valence-electron chi connectivity index (χ0n) is 10.6. The van der Waals surface area contributed by atoms with E-state index in [1.54, 1.807) is 0 Å². The van der Waals surface area contributed by atoms with E-state index in [1.165, 1.54) is 0 Å². The van der Waals surface area contributed by atoms with Gasteiger partial charge < -0.3 is 15.6 Å². The molecule has 0 radical (unpaired) electrons. The smallest absolute Gasteiger partial charge is 0.154 e. The van der Waals surface area contributed by atoms with Crippen LogP contribution in [0.25, 0.3) is 11.0 Å². The lowest BCUT2D eigenvalue weighted by molar-refractivity contribution is 0.410. The third-order valence-corrected chi connectivity index (χ3v) is 3.76. The van der Waals surface area contributed by atoms with Crippen molar-refractivity contribution < 1.29 is 0 Å². The van der Waals surface area contributed by atoms with Crippen LogP contribution in [0.4, 0.5) is 5.82 Å². The first-order valence-corrected chi connectivity index (χ1v) is 6.52. The first-order chi connectivity index (χ1) is 8.74. The van der Waals surface area contributed by atoms with Crippen molar-refractivity contribution in [1.29, 1.82) is 0 Å². The summed E-state index contributed by atoms with van der Waals surface area (Å²) in [5.41, 5.74) is 7.99. The Morgan fingerprint density at radius 2 is 2.06 bits per heavy atom. The van der Waals surface area contributed by atoms with Gasteiger partial charge in [0.05, 0.1) is 11.8 Å². The van der Waals surface area contributed by atoms with Crippen LogP contribution in [-0.2, 0) is 7.05 Å². The molecule has 3 N–H and O–H groups in total. The number of nitrogens with one attached hydrogen (secondary N) is 1. The third kappa shape index (κ3) is 2.06. The maximum atomic E-state index is 5.93. The Morgan fingerprint density at radius 3 is 2.83 bits per heavy atom. The van der Waals surface area contributed by atoms with E-state index in [2.05, 4.69) is 15.3 Å². The van der Waals surface area contributed by atoms with Gasteiger partial charge in [0.25, 0.3) is 0 Å². The van der Waals surface area contributed by atoms with Crippen LogP contribution in [0.1, 0.15) is 25.7 Å². The van der Waals surface area contributed by atoms with Crippen LogP contribution in [0.3, 0.4) is 0 Å². The first kappa shape index (κ1) is 11.5. The minimum Gasteiger partial charge on any atom is -0.365 e. The average molecular weight is 245 g/mol. The molecule has 1 aliphatic rings. The van der Waals surface area contributed by atoms with Crippen LogP contribution in [0.15, 0.2) is 18.6 Å². The van der Waals surface area contributed by atoms with Crippen molar-refractivity contribution in [3.8, 4) is 0 Å². The van der Waals surface area contributed by atoms with Gasteiger partial charge in [0.2, 0.25) is 0 Å². The minimum atomic E-state index is 0.377.